The number of ether oxygens (including phenoxy) is 1. The van der Waals surface area contributed by atoms with Crippen molar-refractivity contribution in [2.75, 3.05) is 13.7 Å². The Kier molecular flexibility index (Phi) is 6.12. The molecule has 30 heavy (non-hydrogen) atoms. The van der Waals surface area contributed by atoms with Gasteiger partial charge in [0, 0.05) is 18.2 Å². The van der Waals surface area contributed by atoms with Gasteiger partial charge in [0.05, 0.1) is 19.6 Å². The fraction of sp³-hybridized carbons (Fsp3) is 0.333. The maximum Gasteiger partial charge on any atom is 0.227 e. The van der Waals surface area contributed by atoms with E-state index in [1.54, 1.807) is 19.2 Å². The van der Waals surface area contributed by atoms with Crippen LogP contribution in [0.3, 0.4) is 0 Å². The lowest BCUT2D eigenvalue weighted by Gasteiger charge is -2.28. The average molecular weight is 408 g/mol. The topological polar surface area (TPSA) is 55.6 Å². The minimum absolute atomic E-state index is 0.0819. The molecule has 0 spiro atoms. The summed E-state index contributed by atoms with van der Waals surface area (Å²) in [6.45, 7) is 0.707. The molecule has 1 amide bonds. The summed E-state index contributed by atoms with van der Waals surface area (Å²) in [4.78, 5) is 15.1. The number of carbonyl (C=O) groups is 1. The van der Waals surface area contributed by atoms with E-state index in [-0.39, 0.29) is 17.8 Å². The lowest BCUT2D eigenvalue weighted by molar-refractivity contribution is -0.133. The molecule has 1 atom stereocenters. The first-order valence-electron chi connectivity index (χ1n) is 10.3. The number of methoxy groups -OCH3 is 1. The van der Waals surface area contributed by atoms with Crippen LogP contribution in [0.2, 0.25) is 0 Å². The smallest absolute Gasteiger partial charge is 0.227 e. The number of benzene rings is 2. The third kappa shape index (κ3) is 4.53. The molecule has 1 aromatic heterocycles. The molecule has 1 aliphatic rings. The van der Waals surface area contributed by atoms with Crippen molar-refractivity contribution in [3.63, 3.8) is 0 Å². The van der Waals surface area contributed by atoms with E-state index in [0.29, 0.717) is 18.7 Å². The molecule has 5 nitrogen and oxygen atoms in total. The molecule has 3 aromatic rings. The van der Waals surface area contributed by atoms with Gasteiger partial charge in [-0.25, -0.2) is 4.39 Å². The molecule has 1 fully saturated rings. The van der Waals surface area contributed by atoms with Gasteiger partial charge in [0.25, 0.3) is 0 Å². The first kappa shape index (κ1) is 20.1. The van der Waals surface area contributed by atoms with Crippen molar-refractivity contribution in [3.05, 3.63) is 71.7 Å². The summed E-state index contributed by atoms with van der Waals surface area (Å²) in [7, 11) is 1.63. The van der Waals surface area contributed by atoms with Crippen LogP contribution in [-0.4, -0.2) is 29.6 Å². The molecular weight excluding hydrogens is 383 g/mol. The van der Waals surface area contributed by atoms with Crippen LogP contribution in [0, 0.1) is 5.82 Å². The molecule has 2 aromatic carbocycles. The molecule has 1 aliphatic heterocycles. The highest BCUT2D eigenvalue weighted by Crippen LogP contribution is 2.32. The Bertz CT molecular complexity index is 982. The highest BCUT2D eigenvalue weighted by atomic mass is 19.1. The summed E-state index contributed by atoms with van der Waals surface area (Å²) >= 11 is 0. The van der Waals surface area contributed by atoms with Crippen molar-refractivity contribution >= 4 is 5.91 Å². The second-order valence-electron chi connectivity index (χ2n) is 7.60. The van der Waals surface area contributed by atoms with E-state index < -0.39 is 0 Å². The average Bonchev–Trinajstić information content (AvgIpc) is 3.12. The zero-order chi connectivity index (χ0) is 20.9. The van der Waals surface area contributed by atoms with Crippen LogP contribution < -0.4 is 4.74 Å². The van der Waals surface area contributed by atoms with E-state index in [4.69, 9.17) is 9.26 Å². The Morgan fingerprint density at radius 3 is 2.63 bits per heavy atom. The number of likely N-dealkylation sites (tertiary alicyclic amines) is 1. The second-order valence-corrected chi connectivity index (χ2v) is 7.60. The molecule has 0 aliphatic carbocycles. The van der Waals surface area contributed by atoms with Gasteiger partial charge in [0.15, 0.2) is 5.76 Å². The molecular formula is C24H25FN2O3. The van der Waals surface area contributed by atoms with E-state index in [1.807, 2.05) is 35.2 Å². The van der Waals surface area contributed by atoms with Crippen molar-refractivity contribution in [2.24, 2.45) is 0 Å². The van der Waals surface area contributed by atoms with Crippen LogP contribution in [0.1, 0.15) is 43.0 Å². The van der Waals surface area contributed by atoms with Crippen molar-refractivity contribution in [1.82, 2.24) is 10.1 Å². The van der Waals surface area contributed by atoms with Gasteiger partial charge in [-0.15, -0.1) is 0 Å². The summed E-state index contributed by atoms with van der Waals surface area (Å²) in [6.07, 6.45) is 4.29. The maximum absolute atomic E-state index is 13.2. The molecule has 0 bridgehead atoms. The van der Waals surface area contributed by atoms with Gasteiger partial charge in [-0.05, 0) is 54.8 Å². The largest absolute Gasteiger partial charge is 0.497 e. The number of hydrogen-bond acceptors (Lipinski definition) is 4. The quantitative estimate of drug-likeness (QED) is 0.584. The monoisotopic (exact) mass is 408 g/mol. The minimum Gasteiger partial charge on any atom is -0.497 e. The summed E-state index contributed by atoms with van der Waals surface area (Å²) in [5.74, 6) is 1.14. The van der Waals surface area contributed by atoms with Crippen LogP contribution in [0.25, 0.3) is 11.3 Å². The Labute approximate surface area is 175 Å². The van der Waals surface area contributed by atoms with Crippen LogP contribution >= 0.6 is 0 Å². The summed E-state index contributed by atoms with van der Waals surface area (Å²) < 4.78 is 23.9. The third-order valence-corrected chi connectivity index (χ3v) is 5.59. The Morgan fingerprint density at radius 1 is 1.13 bits per heavy atom. The van der Waals surface area contributed by atoms with Gasteiger partial charge in [-0.1, -0.05) is 30.1 Å². The Hall–Kier alpha value is -3.15. The van der Waals surface area contributed by atoms with Crippen molar-refractivity contribution < 1.29 is 18.4 Å². The molecule has 2 heterocycles. The van der Waals surface area contributed by atoms with Crippen LogP contribution in [0.15, 0.2) is 59.1 Å². The lowest BCUT2D eigenvalue weighted by atomic mass is 10.0. The van der Waals surface area contributed by atoms with Crippen molar-refractivity contribution in [3.8, 4) is 17.1 Å². The molecule has 0 N–H and O–H groups in total. The number of nitrogens with zero attached hydrogens (tertiary/aromatic N) is 2. The molecule has 6 heteroatoms. The van der Waals surface area contributed by atoms with Gasteiger partial charge in [-0.3, -0.25) is 4.79 Å². The fourth-order valence-corrected chi connectivity index (χ4v) is 3.93. The summed E-state index contributed by atoms with van der Waals surface area (Å²) in [6, 6.07) is 15.5. The number of aromatic nitrogens is 1. The van der Waals surface area contributed by atoms with Crippen LogP contribution in [0.4, 0.5) is 4.39 Å². The van der Waals surface area contributed by atoms with Gasteiger partial charge in [-0.2, -0.15) is 0 Å². The number of carbonyl (C=O) groups excluding carboxylic acids is 1. The normalized spacial score (nSPS) is 16.9. The number of amides is 1. The molecule has 1 unspecified atom stereocenters. The second kappa shape index (κ2) is 9.11. The van der Waals surface area contributed by atoms with E-state index in [9.17, 15) is 9.18 Å². The first-order chi connectivity index (χ1) is 14.6. The summed E-state index contributed by atoms with van der Waals surface area (Å²) in [5.41, 5.74) is 2.47. The highest BCUT2D eigenvalue weighted by molar-refractivity contribution is 5.79. The van der Waals surface area contributed by atoms with E-state index >= 15 is 0 Å². The predicted octanol–water partition coefficient (Wildman–Crippen LogP) is 5.18. The molecule has 156 valence electrons. The zero-order valence-electron chi connectivity index (χ0n) is 17.0. The molecule has 0 saturated carbocycles. The molecule has 4 rings (SSSR count). The number of rotatable bonds is 5. The Balaban J connectivity index is 1.54. The SMILES string of the molecule is COc1ccc(CC(=O)N2CCCCCC2c2cc(-c3ccc(F)cc3)on2)cc1. The molecule has 0 radical (unpaired) electrons. The fourth-order valence-electron chi connectivity index (χ4n) is 3.93. The van der Waals surface area contributed by atoms with Crippen molar-refractivity contribution in [1.29, 1.82) is 0 Å². The highest BCUT2D eigenvalue weighted by Gasteiger charge is 2.29. The minimum atomic E-state index is -0.294. The zero-order valence-corrected chi connectivity index (χ0v) is 17.0. The number of hydrogen-bond donors (Lipinski definition) is 0. The van der Waals surface area contributed by atoms with E-state index in [0.717, 1.165) is 48.3 Å². The Morgan fingerprint density at radius 2 is 1.90 bits per heavy atom. The van der Waals surface area contributed by atoms with Crippen molar-refractivity contribution in [2.45, 2.75) is 38.1 Å². The number of halogens is 1. The third-order valence-electron chi connectivity index (χ3n) is 5.59. The molecule has 1 saturated heterocycles. The van der Waals surface area contributed by atoms with Crippen LogP contribution in [0.5, 0.6) is 5.75 Å². The van der Waals surface area contributed by atoms with Gasteiger partial charge < -0.3 is 14.2 Å². The van der Waals surface area contributed by atoms with Gasteiger partial charge in [0.2, 0.25) is 5.91 Å². The first-order valence-corrected chi connectivity index (χ1v) is 10.3. The van der Waals surface area contributed by atoms with Gasteiger partial charge in [0.1, 0.15) is 17.3 Å². The lowest BCUT2D eigenvalue weighted by Crippen LogP contribution is -2.36. The van der Waals surface area contributed by atoms with E-state index in [1.165, 1.54) is 12.1 Å². The van der Waals surface area contributed by atoms with Gasteiger partial charge >= 0.3 is 0 Å². The predicted molar refractivity (Wildman–Crippen MR) is 112 cm³/mol. The van der Waals surface area contributed by atoms with Crippen LogP contribution in [-0.2, 0) is 11.2 Å². The van der Waals surface area contributed by atoms with E-state index in [2.05, 4.69) is 5.16 Å². The standard InChI is InChI=1S/C24H25FN2O3/c1-29-20-12-6-17(7-13-20)15-24(28)27-14-4-2-3-5-22(27)21-16-23(30-26-21)18-8-10-19(25)11-9-18/h6-13,16,22H,2-5,14-15H2,1H3. The summed E-state index contributed by atoms with van der Waals surface area (Å²) in [5, 5.41) is 4.26. The maximum atomic E-state index is 13.2.